The molecular weight excluding hydrogens is 346 g/mol. The predicted octanol–water partition coefficient (Wildman–Crippen LogP) is 5.19. The third kappa shape index (κ3) is 2.02. The quantitative estimate of drug-likeness (QED) is 0.643. The van der Waals surface area contributed by atoms with Crippen molar-refractivity contribution >= 4 is 17.2 Å². The number of nitrogens with zero attached hydrogens (tertiary/aromatic N) is 1. The van der Waals surface area contributed by atoms with Crippen molar-refractivity contribution in [2.24, 2.45) is 0 Å². The lowest BCUT2D eigenvalue weighted by Crippen LogP contribution is -2.57. The van der Waals surface area contributed by atoms with Gasteiger partial charge in [-0.25, -0.2) is 0 Å². The summed E-state index contributed by atoms with van der Waals surface area (Å²) in [4.78, 5) is 15.7. The molecule has 28 heavy (non-hydrogen) atoms. The van der Waals surface area contributed by atoms with E-state index in [1.165, 1.54) is 0 Å². The zero-order chi connectivity index (χ0) is 19.5. The number of likely N-dealkylation sites (N-methyl/N-ethyl adjacent to an activating group) is 1. The Morgan fingerprint density at radius 1 is 0.857 bits per heavy atom. The van der Waals surface area contributed by atoms with E-state index < -0.39 is 5.54 Å². The van der Waals surface area contributed by atoms with Gasteiger partial charge in [-0.15, -0.1) is 0 Å². The maximum Gasteiger partial charge on any atom is 0.195 e. The minimum absolute atomic E-state index is 0.0851. The molecule has 3 aromatic rings. The van der Waals surface area contributed by atoms with Crippen molar-refractivity contribution in [2.75, 3.05) is 11.9 Å². The highest BCUT2D eigenvalue weighted by atomic mass is 16.3. The normalized spacial score (nSPS) is 23.1. The van der Waals surface area contributed by atoms with Crippen molar-refractivity contribution in [3.63, 3.8) is 0 Å². The van der Waals surface area contributed by atoms with Gasteiger partial charge in [-0.1, -0.05) is 66.7 Å². The van der Waals surface area contributed by atoms with Crippen molar-refractivity contribution in [2.45, 2.75) is 18.4 Å². The summed E-state index contributed by atoms with van der Waals surface area (Å²) in [5, 5.41) is 11.2. The molecule has 138 valence electrons. The second kappa shape index (κ2) is 5.83. The summed E-state index contributed by atoms with van der Waals surface area (Å²) in [5.74, 6) is -0.0844. The van der Waals surface area contributed by atoms with Crippen molar-refractivity contribution in [1.29, 1.82) is 0 Å². The van der Waals surface area contributed by atoms with E-state index >= 15 is 0 Å². The summed E-state index contributed by atoms with van der Waals surface area (Å²) in [7, 11) is 2.02. The van der Waals surface area contributed by atoms with Crippen LogP contribution in [0.4, 0.5) is 5.69 Å². The molecule has 0 aromatic heterocycles. The van der Waals surface area contributed by atoms with Gasteiger partial charge in [0.15, 0.2) is 5.78 Å². The number of hydrogen-bond donors (Lipinski definition) is 1. The van der Waals surface area contributed by atoms with Crippen LogP contribution in [0, 0.1) is 0 Å². The zero-order valence-corrected chi connectivity index (χ0v) is 15.9. The van der Waals surface area contributed by atoms with Crippen LogP contribution in [0.2, 0.25) is 0 Å². The number of aliphatic hydroxyl groups is 1. The Morgan fingerprint density at radius 3 is 2.21 bits per heavy atom. The molecule has 5 rings (SSSR count). The molecule has 2 atom stereocenters. The molecule has 3 heteroatoms. The Bertz CT molecular complexity index is 1130. The minimum Gasteiger partial charge on any atom is -0.507 e. The monoisotopic (exact) mass is 367 g/mol. The number of rotatable bonds is 1. The Labute approximate surface area is 164 Å². The van der Waals surface area contributed by atoms with E-state index in [1.807, 2.05) is 73.8 Å². The average Bonchev–Trinajstić information content (AvgIpc) is 2.73. The van der Waals surface area contributed by atoms with E-state index in [4.69, 9.17) is 0 Å². The number of carbonyl (C=O) groups is 1. The van der Waals surface area contributed by atoms with Gasteiger partial charge in [0, 0.05) is 29.8 Å². The maximum atomic E-state index is 13.6. The molecule has 3 nitrogen and oxygen atoms in total. The molecule has 1 aliphatic carbocycles. The van der Waals surface area contributed by atoms with Gasteiger partial charge in [-0.3, -0.25) is 4.79 Å². The lowest BCUT2D eigenvalue weighted by molar-refractivity contribution is 0.0999. The number of fused-ring (bicyclic) bond motifs is 3. The molecule has 0 saturated heterocycles. The van der Waals surface area contributed by atoms with Crippen LogP contribution in [0.3, 0.4) is 0 Å². The third-order valence-corrected chi connectivity index (χ3v) is 6.40. The fourth-order valence-electron chi connectivity index (χ4n) is 4.98. The number of hydrogen-bond acceptors (Lipinski definition) is 3. The summed E-state index contributed by atoms with van der Waals surface area (Å²) < 4.78 is 0. The molecule has 0 spiro atoms. The molecule has 0 fully saturated rings. The van der Waals surface area contributed by atoms with Crippen LogP contribution < -0.4 is 4.90 Å². The predicted molar refractivity (Wildman–Crippen MR) is 112 cm³/mol. The van der Waals surface area contributed by atoms with E-state index in [0.29, 0.717) is 16.7 Å². The van der Waals surface area contributed by atoms with Crippen LogP contribution >= 0.6 is 0 Å². The molecule has 1 N–H and O–H groups in total. The fourth-order valence-corrected chi connectivity index (χ4v) is 4.98. The molecular formula is C25H21NO2. The Morgan fingerprint density at radius 2 is 1.46 bits per heavy atom. The van der Waals surface area contributed by atoms with E-state index in [2.05, 4.69) is 24.0 Å². The number of Topliss-reactive ketones (excluding diaryl/α,β-unsaturated/α-hetero) is 1. The van der Waals surface area contributed by atoms with Gasteiger partial charge in [-0.05, 0) is 30.2 Å². The van der Waals surface area contributed by atoms with Crippen molar-refractivity contribution in [1.82, 2.24) is 0 Å². The SMILES string of the molecule is CN1c2ccccc2C(O)=C2C(=O)c3ccccc3[C@@H](c3ccccc3)[C@@]21C. The van der Waals surface area contributed by atoms with Crippen molar-refractivity contribution in [3.05, 3.63) is 107 Å². The van der Waals surface area contributed by atoms with Crippen LogP contribution in [0.15, 0.2) is 84.4 Å². The van der Waals surface area contributed by atoms with Gasteiger partial charge < -0.3 is 10.0 Å². The fraction of sp³-hybridized carbons (Fsp3) is 0.160. The highest BCUT2D eigenvalue weighted by Crippen LogP contribution is 2.54. The zero-order valence-electron chi connectivity index (χ0n) is 15.9. The van der Waals surface area contributed by atoms with Gasteiger partial charge in [0.05, 0.1) is 11.1 Å². The Kier molecular flexibility index (Phi) is 3.50. The van der Waals surface area contributed by atoms with E-state index in [9.17, 15) is 9.90 Å². The van der Waals surface area contributed by atoms with Crippen molar-refractivity contribution < 1.29 is 9.90 Å². The Balaban J connectivity index is 1.90. The average molecular weight is 367 g/mol. The van der Waals surface area contributed by atoms with E-state index in [0.717, 1.165) is 16.8 Å². The highest BCUT2D eigenvalue weighted by molar-refractivity contribution is 6.18. The molecule has 0 bridgehead atoms. The van der Waals surface area contributed by atoms with E-state index in [1.54, 1.807) is 0 Å². The minimum atomic E-state index is -0.703. The number of carbonyl (C=O) groups excluding carboxylic acids is 1. The molecule has 0 unspecified atom stereocenters. The van der Waals surface area contributed by atoms with Crippen LogP contribution in [-0.4, -0.2) is 23.5 Å². The first-order valence-electron chi connectivity index (χ1n) is 9.50. The molecule has 2 aliphatic rings. The lowest BCUT2D eigenvalue weighted by atomic mass is 9.62. The summed E-state index contributed by atoms with van der Waals surface area (Å²) in [6, 6.07) is 25.8. The van der Waals surface area contributed by atoms with Gasteiger partial charge in [0.2, 0.25) is 0 Å². The standard InChI is InChI=1S/C25H21NO2/c1-25-21(16-10-4-3-5-11-16)17-12-6-7-13-18(17)23(27)22(25)24(28)19-14-8-9-15-20(19)26(25)2/h3-15,21,28H,1-2H3/t21-,25+/m1/s1. The van der Waals surface area contributed by atoms with Crippen LogP contribution in [0.5, 0.6) is 0 Å². The smallest absolute Gasteiger partial charge is 0.195 e. The molecule has 0 radical (unpaired) electrons. The molecule has 3 aromatic carbocycles. The van der Waals surface area contributed by atoms with Gasteiger partial charge >= 0.3 is 0 Å². The van der Waals surface area contributed by atoms with Crippen LogP contribution in [-0.2, 0) is 0 Å². The van der Waals surface area contributed by atoms with Crippen LogP contribution in [0.25, 0.3) is 5.76 Å². The molecule has 0 saturated carbocycles. The number of anilines is 1. The highest BCUT2D eigenvalue weighted by Gasteiger charge is 2.54. The summed E-state index contributed by atoms with van der Waals surface area (Å²) in [6.07, 6.45) is 0. The third-order valence-electron chi connectivity index (χ3n) is 6.40. The first-order valence-corrected chi connectivity index (χ1v) is 9.50. The van der Waals surface area contributed by atoms with E-state index in [-0.39, 0.29) is 17.5 Å². The number of para-hydroxylation sites is 1. The summed E-state index contributed by atoms with van der Waals surface area (Å²) in [6.45, 7) is 2.07. The van der Waals surface area contributed by atoms with Crippen LogP contribution in [0.1, 0.15) is 39.9 Å². The second-order valence-corrected chi connectivity index (χ2v) is 7.71. The molecule has 1 heterocycles. The first kappa shape index (κ1) is 16.8. The number of ketones is 1. The molecule has 0 amide bonds. The summed E-state index contributed by atoms with van der Waals surface area (Å²) in [5.41, 5.74) is 4.21. The van der Waals surface area contributed by atoms with Gasteiger partial charge in [0.25, 0.3) is 0 Å². The lowest BCUT2D eigenvalue weighted by Gasteiger charge is -2.53. The topological polar surface area (TPSA) is 40.5 Å². The van der Waals surface area contributed by atoms with Gasteiger partial charge in [-0.2, -0.15) is 0 Å². The first-order chi connectivity index (χ1) is 13.5. The Hall–Kier alpha value is -3.33. The number of benzene rings is 3. The maximum absolute atomic E-state index is 13.6. The van der Waals surface area contributed by atoms with Crippen molar-refractivity contribution in [3.8, 4) is 0 Å². The second-order valence-electron chi connectivity index (χ2n) is 7.71. The van der Waals surface area contributed by atoms with Gasteiger partial charge in [0.1, 0.15) is 5.76 Å². The largest absolute Gasteiger partial charge is 0.507 e. The summed E-state index contributed by atoms with van der Waals surface area (Å²) >= 11 is 0. The molecule has 1 aliphatic heterocycles. The number of aliphatic hydroxyl groups excluding tert-OH is 1.